The van der Waals surface area contributed by atoms with Crippen LogP contribution in [0.5, 0.6) is 0 Å². The Morgan fingerprint density at radius 2 is 2.04 bits per heavy atom. The van der Waals surface area contributed by atoms with E-state index in [1.54, 1.807) is 0 Å². The summed E-state index contributed by atoms with van der Waals surface area (Å²) >= 11 is 1.51. The minimum atomic E-state index is 0.00457. The van der Waals surface area contributed by atoms with Crippen molar-refractivity contribution in [1.82, 2.24) is 15.1 Å². The molecular weight excluding hydrogens is 358 g/mol. The number of fused-ring (bicyclic) bond motifs is 1. The molecule has 0 aliphatic heterocycles. The monoisotopic (exact) mass is 383 g/mol. The average Bonchev–Trinajstić information content (AvgIpc) is 3.17. The second kappa shape index (κ2) is 7.44. The van der Waals surface area contributed by atoms with Crippen LogP contribution < -0.4 is 5.32 Å². The molecule has 142 valence electrons. The highest BCUT2D eigenvalue weighted by atomic mass is 32.1. The third-order valence-corrected chi connectivity index (χ3v) is 6.54. The minimum Gasteiger partial charge on any atom is -0.396 e. The quantitative estimate of drug-likeness (QED) is 0.683. The van der Waals surface area contributed by atoms with E-state index in [-0.39, 0.29) is 18.6 Å². The van der Waals surface area contributed by atoms with Crippen LogP contribution >= 0.6 is 11.3 Å². The van der Waals surface area contributed by atoms with Crippen molar-refractivity contribution in [2.45, 2.75) is 45.7 Å². The predicted molar refractivity (Wildman–Crippen MR) is 108 cm³/mol. The van der Waals surface area contributed by atoms with Crippen molar-refractivity contribution in [2.75, 3.05) is 6.61 Å². The van der Waals surface area contributed by atoms with Crippen LogP contribution in [-0.4, -0.2) is 33.4 Å². The Balaban J connectivity index is 1.49. The van der Waals surface area contributed by atoms with E-state index in [0.29, 0.717) is 12.5 Å². The van der Waals surface area contributed by atoms with Crippen molar-refractivity contribution in [2.24, 2.45) is 5.92 Å². The number of carbonyl (C=O) groups is 1. The van der Waals surface area contributed by atoms with Crippen molar-refractivity contribution in [3.63, 3.8) is 0 Å². The van der Waals surface area contributed by atoms with E-state index in [2.05, 4.69) is 41.6 Å². The first-order valence-corrected chi connectivity index (χ1v) is 10.3. The first kappa shape index (κ1) is 18.2. The molecule has 4 rings (SSSR count). The molecule has 0 unspecified atom stereocenters. The Morgan fingerprint density at radius 1 is 1.30 bits per heavy atom. The molecule has 2 heterocycles. The number of rotatable bonds is 6. The summed E-state index contributed by atoms with van der Waals surface area (Å²) in [5.41, 5.74) is 3.40. The number of aliphatic hydroxyl groups is 1. The zero-order valence-electron chi connectivity index (χ0n) is 15.7. The number of aliphatic hydroxyl groups excluding tert-OH is 1. The summed E-state index contributed by atoms with van der Waals surface area (Å²) in [5.74, 6) is 0.554. The van der Waals surface area contributed by atoms with Gasteiger partial charge >= 0.3 is 0 Å². The third-order valence-electron chi connectivity index (χ3n) is 5.39. The van der Waals surface area contributed by atoms with Crippen LogP contribution in [0.2, 0.25) is 0 Å². The molecule has 27 heavy (non-hydrogen) atoms. The highest BCUT2D eigenvalue weighted by Gasteiger charge is 2.30. The number of nitrogens with one attached hydrogen (secondary N) is 1. The van der Waals surface area contributed by atoms with Gasteiger partial charge in [0.05, 0.1) is 17.1 Å². The van der Waals surface area contributed by atoms with E-state index >= 15 is 0 Å². The summed E-state index contributed by atoms with van der Waals surface area (Å²) < 4.78 is 2.00. The molecule has 1 saturated carbocycles. The molecular formula is C21H25N3O2S. The number of amides is 1. The first-order chi connectivity index (χ1) is 13.0. The molecule has 0 radical (unpaired) electrons. The van der Waals surface area contributed by atoms with Gasteiger partial charge < -0.3 is 10.4 Å². The van der Waals surface area contributed by atoms with Crippen molar-refractivity contribution in [1.29, 1.82) is 0 Å². The van der Waals surface area contributed by atoms with Crippen molar-refractivity contribution < 1.29 is 9.90 Å². The normalized spacial score (nSPS) is 19.2. The number of aryl methyl sites for hydroxylation is 2. The second-order valence-electron chi connectivity index (χ2n) is 7.58. The standard InChI is InChI=1S/C21H25N3O2S/c1-13-3-5-15(6-4-13)12-24-21-18(14(2)23-24)11-19(27-21)20(26)22-17-9-16(10-17)7-8-25/h3-6,11,16-17,25H,7-10,12H2,1-2H3,(H,22,26). The van der Waals surface area contributed by atoms with Crippen LogP contribution in [0.15, 0.2) is 30.3 Å². The molecule has 3 aromatic rings. The van der Waals surface area contributed by atoms with E-state index in [0.717, 1.165) is 40.1 Å². The Labute approximate surface area is 163 Å². The van der Waals surface area contributed by atoms with Crippen LogP contribution in [0.25, 0.3) is 10.2 Å². The van der Waals surface area contributed by atoms with Crippen molar-refractivity contribution >= 4 is 27.5 Å². The highest BCUT2D eigenvalue weighted by molar-refractivity contribution is 7.20. The lowest BCUT2D eigenvalue weighted by Crippen LogP contribution is -2.44. The lowest BCUT2D eigenvalue weighted by molar-refractivity contribution is 0.0879. The van der Waals surface area contributed by atoms with E-state index in [1.165, 1.54) is 22.5 Å². The van der Waals surface area contributed by atoms with Crippen LogP contribution in [0, 0.1) is 19.8 Å². The van der Waals surface area contributed by atoms with E-state index < -0.39 is 0 Å². The molecule has 0 spiro atoms. The molecule has 1 aliphatic carbocycles. The predicted octanol–water partition coefficient (Wildman–Crippen LogP) is 3.65. The molecule has 6 heteroatoms. The highest BCUT2D eigenvalue weighted by Crippen LogP contribution is 2.32. The third kappa shape index (κ3) is 3.77. The van der Waals surface area contributed by atoms with Gasteiger partial charge in [0.15, 0.2) is 0 Å². The van der Waals surface area contributed by atoms with Gasteiger partial charge in [-0.15, -0.1) is 11.3 Å². The van der Waals surface area contributed by atoms with Gasteiger partial charge in [0.2, 0.25) is 0 Å². The summed E-state index contributed by atoms with van der Waals surface area (Å²) in [6.45, 7) is 5.02. The van der Waals surface area contributed by atoms with Crippen molar-refractivity contribution in [3.05, 3.63) is 52.0 Å². The lowest BCUT2D eigenvalue weighted by atomic mass is 9.78. The fourth-order valence-corrected chi connectivity index (χ4v) is 4.79. The Kier molecular flexibility index (Phi) is 5.02. The van der Waals surface area contributed by atoms with Crippen LogP contribution in [0.3, 0.4) is 0 Å². The number of thiophene rings is 1. The maximum atomic E-state index is 12.6. The molecule has 1 aliphatic rings. The molecule has 1 aromatic carbocycles. The Bertz CT molecular complexity index is 952. The lowest BCUT2D eigenvalue weighted by Gasteiger charge is -2.35. The number of benzene rings is 1. The largest absolute Gasteiger partial charge is 0.396 e. The average molecular weight is 384 g/mol. The first-order valence-electron chi connectivity index (χ1n) is 9.47. The van der Waals surface area contributed by atoms with Crippen LogP contribution in [0.1, 0.15) is 45.8 Å². The number of aromatic nitrogens is 2. The maximum absolute atomic E-state index is 12.6. The molecule has 0 bridgehead atoms. The zero-order valence-corrected chi connectivity index (χ0v) is 16.6. The number of nitrogens with zero attached hydrogens (tertiary/aromatic N) is 2. The van der Waals surface area contributed by atoms with E-state index in [9.17, 15) is 4.79 Å². The molecule has 2 aromatic heterocycles. The van der Waals surface area contributed by atoms with Gasteiger partial charge in [0.25, 0.3) is 5.91 Å². The summed E-state index contributed by atoms with van der Waals surface area (Å²) in [7, 11) is 0. The number of carbonyl (C=O) groups excluding carboxylic acids is 1. The van der Waals surface area contributed by atoms with E-state index in [4.69, 9.17) is 5.11 Å². The van der Waals surface area contributed by atoms with Gasteiger partial charge in [0.1, 0.15) is 4.83 Å². The van der Waals surface area contributed by atoms with Crippen molar-refractivity contribution in [3.8, 4) is 0 Å². The molecule has 0 saturated heterocycles. The number of hydrogen-bond acceptors (Lipinski definition) is 4. The second-order valence-corrected chi connectivity index (χ2v) is 8.61. The molecule has 2 N–H and O–H groups in total. The van der Waals surface area contributed by atoms with Gasteiger partial charge in [-0.2, -0.15) is 5.10 Å². The van der Waals surface area contributed by atoms with Gasteiger partial charge in [-0.25, -0.2) is 0 Å². The minimum absolute atomic E-state index is 0.00457. The molecule has 1 amide bonds. The molecule has 0 atom stereocenters. The van der Waals surface area contributed by atoms with Gasteiger partial charge in [0, 0.05) is 18.0 Å². The number of hydrogen-bond donors (Lipinski definition) is 2. The summed E-state index contributed by atoms with van der Waals surface area (Å²) in [6, 6.07) is 10.7. The fourth-order valence-electron chi connectivity index (χ4n) is 3.73. The maximum Gasteiger partial charge on any atom is 0.261 e. The summed E-state index contributed by atoms with van der Waals surface area (Å²) in [4.78, 5) is 14.4. The SMILES string of the molecule is Cc1ccc(Cn2nc(C)c3cc(C(=O)NC4CC(CCO)C4)sc32)cc1. The summed E-state index contributed by atoms with van der Waals surface area (Å²) in [6.07, 6.45) is 2.78. The molecule has 5 nitrogen and oxygen atoms in total. The van der Waals surface area contributed by atoms with E-state index in [1.807, 2.05) is 17.7 Å². The fraction of sp³-hybridized carbons (Fsp3) is 0.429. The summed E-state index contributed by atoms with van der Waals surface area (Å²) in [5, 5.41) is 17.8. The molecule has 1 fully saturated rings. The zero-order chi connectivity index (χ0) is 19.0. The Morgan fingerprint density at radius 3 is 2.74 bits per heavy atom. The van der Waals surface area contributed by atoms with Gasteiger partial charge in [-0.05, 0) is 50.7 Å². The smallest absolute Gasteiger partial charge is 0.261 e. The van der Waals surface area contributed by atoms with Crippen LogP contribution in [0.4, 0.5) is 0 Å². The topological polar surface area (TPSA) is 67.2 Å². The van der Waals surface area contributed by atoms with Gasteiger partial charge in [-0.1, -0.05) is 29.8 Å². The van der Waals surface area contributed by atoms with Crippen LogP contribution in [-0.2, 0) is 6.54 Å². The van der Waals surface area contributed by atoms with Gasteiger partial charge in [-0.3, -0.25) is 9.48 Å². The Hall–Kier alpha value is -2.18.